The highest BCUT2D eigenvalue weighted by atomic mass is 32.1. The van der Waals surface area contributed by atoms with Crippen LogP contribution in [0.2, 0.25) is 0 Å². The lowest BCUT2D eigenvalue weighted by Crippen LogP contribution is -2.44. The molecule has 0 saturated carbocycles. The Morgan fingerprint density at radius 3 is 2.27 bits per heavy atom. The highest BCUT2D eigenvalue weighted by Crippen LogP contribution is 2.38. The number of hydrogen-bond acceptors (Lipinski definition) is 9. The fourth-order valence-corrected chi connectivity index (χ4v) is 4.80. The van der Waals surface area contributed by atoms with Crippen LogP contribution in [-0.2, 0) is 11.3 Å². The highest BCUT2D eigenvalue weighted by molar-refractivity contribution is 7.09. The van der Waals surface area contributed by atoms with Crippen LogP contribution in [0, 0.1) is 0 Å². The summed E-state index contributed by atoms with van der Waals surface area (Å²) >= 11 is 0.696. The summed E-state index contributed by atoms with van der Waals surface area (Å²) in [4.78, 5) is 41.0. The van der Waals surface area contributed by atoms with Gasteiger partial charge in [-0.2, -0.15) is 4.37 Å². The molecular formula is C28H27N5O6S. The molecule has 0 spiro atoms. The van der Waals surface area contributed by atoms with Gasteiger partial charge in [-0.15, -0.1) is 0 Å². The summed E-state index contributed by atoms with van der Waals surface area (Å²) < 4.78 is 14.7. The zero-order valence-corrected chi connectivity index (χ0v) is 22.5. The molecule has 4 aromatic rings. The molecule has 3 aromatic carbocycles. The van der Waals surface area contributed by atoms with Gasteiger partial charge in [0.1, 0.15) is 16.7 Å². The largest absolute Gasteiger partial charge is 0.508 e. The summed E-state index contributed by atoms with van der Waals surface area (Å²) in [5, 5.41) is 12.8. The molecule has 12 heteroatoms. The van der Waals surface area contributed by atoms with Crippen molar-refractivity contribution < 1.29 is 29.0 Å². The number of hydrogen-bond donors (Lipinski definition) is 4. The van der Waals surface area contributed by atoms with Crippen molar-refractivity contribution in [3.63, 3.8) is 0 Å². The van der Waals surface area contributed by atoms with Crippen LogP contribution in [0.5, 0.6) is 17.2 Å². The fraction of sp³-hybridized carbons (Fsp3) is 0.143. The number of anilines is 2. The van der Waals surface area contributed by atoms with Gasteiger partial charge in [-0.05, 0) is 46.9 Å². The van der Waals surface area contributed by atoms with Crippen molar-refractivity contribution in [1.29, 1.82) is 0 Å². The first-order chi connectivity index (χ1) is 19.2. The van der Waals surface area contributed by atoms with Crippen molar-refractivity contribution in [2.75, 3.05) is 24.9 Å². The molecule has 4 rings (SSSR count). The molecule has 0 saturated heterocycles. The fourth-order valence-electron chi connectivity index (χ4n) is 4.05. The number of primary amides is 1. The van der Waals surface area contributed by atoms with Crippen LogP contribution in [0.4, 0.5) is 11.4 Å². The van der Waals surface area contributed by atoms with E-state index in [1.807, 2.05) is 30.3 Å². The second-order valence-electron chi connectivity index (χ2n) is 8.55. The van der Waals surface area contributed by atoms with E-state index in [4.69, 9.17) is 20.9 Å². The molecule has 3 amide bonds. The summed E-state index contributed by atoms with van der Waals surface area (Å²) in [6, 6.07) is 18.7. The van der Waals surface area contributed by atoms with Crippen molar-refractivity contribution in [2.45, 2.75) is 12.6 Å². The number of ether oxygens (including phenoxy) is 2. The average molecular weight is 562 g/mol. The Kier molecular flexibility index (Phi) is 8.50. The molecule has 206 valence electrons. The Hall–Kier alpha value is -5.10. The molecule has 0 radical (unpaired) electrons. The molecule has 6 N–H and O–H groups in total. The minimum absolute atomic E-state index is 0.0195. The van der Waals surface area contributed by atoms with Crippen LogP contribution in [0.3, 0.4) is 0 Å². The van der Waals surface area contributed by atoms with Gasteiger partial charge in [0.25, 0.3) is 11.8 Å². The summed E-state index contributed by atoms with van der Waals surface area (Å²) in [5.41, 5.74) is 12.6. The molecule has 0 aliphatic heterocycles. The smallest absolute Gasteiger partial charge is 0.273 e. The third kappa shape index (κ3) is 5.81. The van der Waals surface area contributed by atoms with Gasteiger partial charge in [-0.25, -0.2) is 0 Å². The molecule has 1 heterocycles. The number of nitrogens with two attached hydrogens (primary N) is 2. The second-order valence-corrected chi connectivity index (χ2v) is 9.32. The van der Waals surface area contributed by atoms with Crippen molar-refractivity contribution in [3.8, 4) is 17.2 Å². The molecule has 0 fully saturated rings. The summed E-state index contributed by atoms with van der Waals surface area (Å²) in [5.74, 6) is -1.42. The van der Waals surface area contributed by atoms with Gasteiger partial charge in [0, 0.05) is 18.3 Å². The van der Waals surface area contributed by atoms with Gasteiger partial charge in [-0.1, -0.05) is 42.5 Å². The van der Waals surface area contributed by atoms with Gasteiger partial charge in [0.15, 0.2) is 17.2 Å². The van der Waals surface area contributed by atoms with Crippen LogP contribution in [0.15, 0.2) is 72.8 Å². The Morgan fingerprint density at radius 1 is 1.00 bits per heavy atom. The van der Waals surface area contributed by atoms with E-state index in [0.717, 1.165) is 5.56 Å². The number of aromatic hydroxyl groups is 1. The Balaban J connectivity index is 1.87. The number of nitrogens with one attached hydrogen (secondary N) is 1. The van der Waals surface area contributed by atoms with E-state index in [0.29, 0.717) is 28.6 Å². The molecule has 0 aliphatic rings. The van der Waals surface area contributed by atoms with Crippen LogP contribution in [-0.4, -0.2) is 41.4 Å². The first-order valence-corrected chi connectivity index (χ1v) is 12.7. The van der Waals surface area contributed by atoms with Crippen LogP contribution in [0.25, 0.3) is 0 Å². The predicted octanol–water partition coefficient (Wildman–Crippen LogP) is 3.25. The van der Waals surface area contributed by atoms with E-state index in [2.05, 4.69) is 9.69 Å². The third-order valence-corrected chi connectivity index (χ3v) is 6.90. The maximum Gasteiger partial charge on any atom is 0.273 e. The number of phenols is 1. The Morgan fingerprint density at radius 2 is 1.68 bits per heavy atom. The molecule has 1 aromatic heterocycles. The van der Waals surface area contributed by atoms with E-state index in [9.17, 15) is 19.5 Å². The monoisotopic (exact) mass is 561 g/mol. The zero-order valence-electron chi connectivity index (χ0n) is 21.7. The average Bonchev–Trinajstić information content (AvgIpc) is 3.36. The molecule has 11 nitrogen and oxygen atoms in total. The van der Waals surface area contributed by atoms with Crippen LogP contribution < -0.4 is 31.2 Å². The number of benzene rings is 3. The number of nitrogen functional groups attached to an aromatic ring is 1. The highest BCUT2D eigenvalue weighted by Gasteiger charge is 2.36. The van der Waals surface area contributed by atoms with Crippen LogP contribution >= 0.6 is 11.5 Å². The summed E-state index contributed by atoms with van der Waals surface area (Å²) in [6.07, 6.45) is 0. The number of rotatable bonds is 10. The Labute approximate surface area is 234 Å². The van der Waals surface area contributed by atoms with Gasteiger partial charge < -0.3 is 31.4 Å². The van der Waals surface area contributed by atoms with Gasteiger partial charge in [-0.3, -0.25) is 19.3 Å². The van der Waals surface area contributed by atoms with E-state index in [-0.39, 0.29) is 34.2 Å². The number of aromatic nitrogens is 1. The lowest BCUT2D eigenvalue weighted by Gasteiger charge is -2.31. The quantitative estimate of drug-likeness (QED) is 0.229. The number of methoxy groups -OCH3 is 2. The molecular weight excluding hydrogens is 534 g/mol. The first kappa shape index (κ1) is 27.9. The SMILES string of the molecule is COc1ccc(N(C(=O)c2snc(C(N)=O)c2N)[C@@H](C(=O)NCc2ccccc2)c2ccc(O)cc2)cc1OC. The van der Waals surface area contributed by atoms with Crippen molar-refractivity contribution in [1.82, 2.24) is 9.69 Å². The second kappa shape index (κ2) is 12.2. The third-order valence-electron chi connectivity index (χ3n) is 6.04. The van der Waals surface area contributed by atoms with Gasteiger partial charge in [0.05, 0.1) is 19.9 Å². The maximum atomic E-state index is 14.2. The first-order valence-electron chi connectivity index (χ1n) is 12.0. The van der Waals surface area contributed by atoms with E-state index in [1.54, 1.807) is 18.2 Å². The lowest BCUT2D eigenvalue weighted by molar-refractivity contribution is -0.122. The topological polar surface area (TPSA) is 170 Å². The number of carbonyl (C=O) groups is 3. The number of carbonyl (C=O) groups excluding carboxylic acids is 3. The number of amides is 3. The molecule has 1 atom stereocenters. The molecule has 0 bridgehead atoms. The summed E-state index contributed by atoms with van der Waals surface area (Å²) in [6.45, 7) is 0.191. The maximum absolute atomic E-state index is 14.2. The molecule has 0 aliphatic carbocycles. The Bertz CT molecular complexity index is 1520. The van der Waals surface area contributed by atoms with E-state index in [1.165, 1.54) is 43.4 Å². The van der Waals surface area contributed by atoms with E-state index < -0.39 is 23.8 Å². The minimum atomic E-state index is -1.24. The molecule has 0 unspecified atom stereocenters. The predicted molar refractivity (Wildman–Crippen MR) is 151 cm³/mol. The van der Waals surface area contributed by atoms with Crippen molar-refractivity contribution in [2.24, 2.45) is 5.73 Å². The standard InChI is InChI=1S/C28H27N5O6S/c1-38-20-13-10-18(14-21(20)39-2)33(28(37)25-22(29)23(26(30)35)32-40-25)24(17-8-11-19(34)12-9-17)27(36)31-15-16-6-4-3-5-7-16/h3-14,24,34H,15,29H2,1-2H3,(H2,30,35)(H,31,36)/t24-/m1/s1. The van der Waals surface area contributed by atoms with Crippen molar-refractivity contribution >= 4 is 40.6 Å². The van der Waals surface area contributed by atoms with Gasteiger partial charge >= 0.3 is 0 Å². The van der Waals surface area contributed by atoms with E-state index >= 15 is 0 Å². The lowest BCUT2D eigenvalue weighted by atomic mass is 10.0. The van der Waals surface area contributed by atoms with Gasteiger partial charge in [0.2, 0.25) is 5.91 Å². The molecule has 40 heavy (non-hydrogen) atoms. The normalized spacial score (nSPS) is 11.3. The number of phenolic OH excluding ortho intramolecular Hbond substituents is 1. The minimum Gasteiger partial charge on any atom is -0.508 e. The zero-order chi connectivity index (χ0) is 28.8. The van der Waals surface area contributed by atoms with Crippen LogP contribution in [0.1, 0.15) is 37.3 Å². The number of nitrogens with zero attached hydrogens (tertiary/aromatic N) is 2. The summed E-state index contributed by atoms with van der Waals surface area (Å²) in [7, 11) is 2.91. The van der Waals surface area contributed by atoms with Crippen molar-refractivity contribution in [3.05, 3.63) is 94.5 Å².